The van der Waals surface area contributed by atoms with Crippen LogP contribution in [0.5, 0.6) is 0 Å². The van der Waals surface area contributed by atoms with Crippen molar-refractivity contribution in [3.05, 3.63) is 122 Å². The summed E-state index contributed by atoms with van der Waals surface area (Å²) >= 11 is 0. The Morgan fingerprint density at radius 3 is 2.62 bits per heavy atom. The Hall–Kier alpha value is -4.53. The minimum Gasteiger partial charge on any atom is -0.392 e. The van der Waals surface area contributed by atoms with E-state index in [-0.39, 0.29) is 18.1 Å². The Morgan fingerprint density at radius 1 is 1.07 bits per heavy atom. The van der Waals surface area contributed by atoms with Gasteiger partial charge in [-0.05, 0) is 83.8 Å². The smallest absolute Gasteiger partial charge is 0.255 e. The van der Waals surface area contributed by atoms with Crippen molar-refractivity contribution >= 4 is 17.7 Å². The summed E-state index contributed by atoms with van der Waals surface area (Å²) in [5.74, 6) is 0.633. The number of aryl methyl sites for hydroxylation is 1. The minimum absolute atomic E-state index is 0.0581. The zero-order valence-corrected chi connectivity index (χ0v) is 25.8. The van der Waals surface area contributed by atoms with E-state index in [2.05, 4.69) is 47.1 Å². The number of morpholine rings is 1. The maximum Gasteiger partial charge on any atom is 0.255 e. The molecule has 2 fully saturated rings. The third kappa shape index (κ3) is 5.83. The lowest BCUT2D eigenvalue weighted by Gasteiger charge is -2.33. The number of aliphatic hydroxyl groups is 1. The lowest BCUT2D eigenvalue weighted by Crippen LogP contribution is -2.40. The van der Waals surface area contributed by atoms with Gasteiger partial charge in [-0.3, -0.25) is 14.6 Å². The second-order valence-electron chi connectivity index (χ2n) is 12.4. The molecule has 4 aromatic rings. The van der Waals surface area contributed by atoms with Gasteiger partial charge in [0.2, 0.25) is 0 Å². The number of carbonyl (C=O) groups excluding carboxylic acids is 1. The Bertz CT molecular complexity index is 1850. The highest BCUT2D eigenvalue weighted by atomic mass is 16.5. The van der Waals surface area contributed by atoms with Gasteiger partial charge in [-0.1, -0.05) is 30.3 Å². The standard InChI is InChI=1S/C37H38N4O4/c1-24-16-26-8-9-27(25-6-7-25)17-30(26)22-41(24)35-5-3-4-33(34(35)23-42)31-18-29(36(43)39(2)21-31)19-32-11-10-28(20-38-32)37(44)40-12-14-45-15-13-40/h3-5,8-11,16-18,20-21,25,42H,6-7,12-15,19,22-23H2,1-2H3. The predicted molar refractivity (Wildman–Crippen MR) is 175 cm³/mol. The van der Waals surface area contributed by atoms with Gasteiger partial charge >= 0.3 is 0 Å². The number of rotatable bonds is 7. The topological polar surface area (TPSA) is 87.9 Å². The van der Waals surface area contributed by atoms with Crippen LogP contribution in [0.2, 0.25) is 0 Å². The fourth-order valence-electron chi connectivity index (χ4n) is 6.57. The normalized spacial score (nSPS) is 16.4. The number of fused-ring (bicyclic) bond motifs is 1. The molecule has 2 aromatic heterocycles. The average molecular weight is 603 g/mol. The average Bonchev–Trinajstić information content (AvgIpc) is 3.92. The second-order valence-corrected chi connectivity index (χ2v) is 12.4. The summed E-state index contributed by atoms with van der Waals surface area (Å²) < 4.78 is 6.95. The molecule has 0 unspecified atom stereocenters. The van der Waals surface area contributed by atoms with Crippen molar-refractivity contribution in [2.24, 2.45) is 7.05 Å². The minimum atomic E-state index is -0.136. The maximum absolute atomic E-state index is 13.2. The fourth-order valence-corrected chi connectivity index (χ4v) is 6.57. The lowest BCUT2D eigenvalue weighted by molar-refractivity contribution is 0.0302. The maximum atomic E-state index is 13.2. The number of amides is 1. The molecule has 4 heterocycles. The van der Waals surface area contributed by atoms with Crippen molar-refractivity contribution in [3.63, 3.8) is 0 Å². The summed E-state index contributed by atoms with van der Waals surface area (Å²) in [6.45, 7) is 4.95. The van der Waals surface area contributed by atoms with Crippen molar-refractivity contribution in [2.45, 2.75) is 45.3 Å². The van der Waals surface area contributed by atoms with Crippen LogP contribution >= 0.6 is 0 Å². The van der Waals surface area contributed by atoms with E-state index in [1.54, 1.807) is 28.8 Å². The largest absolute Gasteiger partial charge is 0.392 e. The van der Waals surface area contributed by atoms with Crippen LogP contribution in [0.25, 0.3) is 17.2 Å². The number of carbonyl (C=O) groups is 1. The molecule has 45 heavy (non-hydrogen) atoms. The number of hydrogen-bond acceptors (Lipinski definition) is 6. The molecule has 0 atom stereocenters. The second kappa shape index (κ2) is 12.1. The molecule has 3 aliphatic rings. The summed E-state index contributed by atoms with van der Waals surface area (Å²) in [6, 6.07) is 18.4. The van der Waals surface area contributed by atoms with E-state index >= 15 is 0 Å². The Labute approximate surface area is 263 Å². The molecular formula is C37H38N4O4. The van der Waals surface area contributed by atoms with E-state index in [4.69, 9.17) is 4.74 Å². The molecular weight excluding hydrogens is 564 g/mol. The first-order valence-corrected chi connectivity index (χ1v) is 15.7. The van der Waals surface area contributed by atoms with Gasteiger partial charge in [0.15, 0.2) is 0 Å². The van der Waals surface area contributed by atoms with Gasteiger partial charge in [0.05, 0.1) is 25.4 Å². The molecule has 2 aliphatic heterocycles. The third-order valence-electron chi connectivity index (χ3n) is 9.24. The SMILES string of the molecule is CC1=Cc2ccc(C3CC3)cc2CN1c1cccc(-c2cc(Cc3ccc(C(=O)N4CCOCC4)cn3)c(=O)n(C)c2)c1CO. The Balaban J connectivity index is 1.17. The van der Waals surface area contributed by atoms with Crippen LogP contribution in [0, 0.1) is 0 Å². The number of pyridine rings is 2. The van der Waals surface area contributed by atoms with Crippen LogP contribution in [0.15, 0.2) is 77.5 Å². The van der Waals surface area contributed by atoms with E-state index in [0.29, 0.717) is 55.5 Å². The van der Waals surface area contributed by atoms with Crippen LogP contribution < -0.4 is 10.5 Å². The highest BCUT2D eigenvalue weighted by molar-refractivity contribution is 5.94. The summed E-state index contributed by atoms with van der Waals surface area (Å²) in [4.78, 5) is 34.7. The fraction of sp³-hybridized carbons (Fsp3) is 0.324. The Kier molecular flexibility index (Phi) is 7.85. The van der Waals surface area contributed by atoms with Gasteiger partial charge < -0.3 is 24.2 Å². The van der Waals surface area contributed by atoms with Gasteiger partial charge in [0.1, 0.15) is 0 Å². The number of aliphatic hydroxyl groups excluding tert-OH is 1. The number of hydrogen-bond donors (Lipinski definition) is 1. The van der Waals surface area contributed by atoms with Gasteiger partial charge in [0.25, 0.3) is 11.5 Å². The molecule has 2 aromatic carbocycles. The van der Waals surface area contributed by atoms with Crippen LogP contribution in [-0.4, -0.2) is 51.8 Å². The molecule has 230 valence electrons. The van der Waals surface area contributed by atoms with Gasteiger partial charge in [-0.15, -0.1) is 0 Å². The highest BCUT2D eigenvalue weighted by Crippen LogP contribution is 2.42. The molecule has 1 saturated carbocycles. The summed E-state index contributed by atoms with van der Waals surface area (Å²) in [7, 11) is 1.75. The van der Waals surface area contributed by atoms with Crippen LogP contribution in [-0.2, 0) is 31.4 Å². The monoisotopic (exact) mass is 602 g/mol. The van der Waals surface area contributed by atoms with Crippen molar-refractivity contribution < 1.29 is 14.6 Å². The summed E-state index contributed by atoms with van der Waals surface area (Å²) in [5, 5.41) is 10.7. The van der Waals surface area contributed by atoms with E-state index < -0.39 is 0 Å². The van der Waals surface area contributed by atoms with Crippen molar-refractivity contribution in [3.8, 4) is 11.1 Å². The van der Waals surface area contributed by atoms with E-state index in [1.807, 2.05) is 30.5 Å². The Morgan fingerprint density at radius 2 is 1.89 bits per heavy atom. The lowest BCUT2D eigenvalue weighted by atomic mass is 9.94. The first-order chi connectivity index (χ1) is 21.9. The van der Waals surface area contributed by atoms with Crippen molar-refractivity contribution in [1.82, 2.24) is 14.5 Å². The zero-order valence-electron chi connectivity index (χ0n) is 25.8. The van der Waals surface area contributed by atoms with Crippen LogP contribution in [0.1, 0.15) is 69.6 Å². The van der Waals surface area contributed by atoms with Crippen molar-refractivity contribution in [2.75, 3.05) is 31.2 Å². The first-order valence-electron chi connectivity index (χ1n) is 15.7. The molecule has 0 spiro atoms. The molecule has 8 heteroatoms. The molecule has 0 bridgehead atoms. The molecule has 8 nitrogen and oxygen atoms in total. The molecule has 0 radical (unpaired) electrons. The van der Waals surface area contributed by atoms with E-state index in [9.17, 15) is 14.7 Å². The quantitative estimate of drug-likeness (QED) is 0.311. The number of anilines is 1. The molecule has 1 N–H and O–H groups in total. The first kappa shape index (κ1) is 29.2. The molecule has 1 saturated heterocycles. The highest BCUT2D eigenvalue weighted by Gasteiger charge is 2.26. The number of nitrogens with zero attached hydrogens (tertiary/aromatic N) is 4. The van der Waals surface area contributed by atoms with Gasteiger partial charge in [0, 0.05) is 73.7 Å². The number of aromatic nitrogens is 2. The zero-order chi connectivity index (χ0) is 31.1. The third-order valence-corrected chi connectivity index (χ3v) is 9.24. The predicted octanol–water partition coefficient (Wildman–Crippen LogP) is 5.26. The van der Waals surface area contributed by atoms with Gasteiger partial charge in [-0.25, -0.2) is 0 Å². The number of benzene rings is 2. The van der Waals surface area contributed by atoms with E-state index in [0.717, 1.165) is 34.6 Å². The molecule has 7 rings (SSSR count). The summed E-state index contributed by atoms with van der Waals surface area (Å²) in [5.41, 5.74) is 10.3. The number of ether oxygens (including phenoxy) is 1. The molecule has 1 aliphatic carbocycles. The number of allylic oxidation sites excluding steroid dienone is 1. The van der Waals surface area contributed by atoms with E-state index in [1.165, 1.54) is 29.5 Å². The van der Waals surface area contributed by atoms with Gasteiger partial charge in [-0.2, -0.15) is 0 Å². The summed E-state index contributed by atoms with van der Waals surface area (Å²) in [6.07, 6.45) is 8.51. The van der Waals surface area contributed by atoms with Crippen LogP contribution in [0.4, 0.5) is 5.69 Å². The van der Waals surface area contributed by atoms with Crippen molar-refractivity contribution in [1.29, 1.82) is 0 Å². The van der Waals surface area contributed by atoms with Crippen LogP contribution in [0.3, 0.4) is 0 Å². The molecule has 1 amide bonds.